The summed E-state index contributed by atoms with van der Waals surface area (Å²) in [5.41, 5.74) is 0. The standard InChI is InChI=1S/C28H48F2/c1-18-4-7-23(8-5-18)24-13-9-21(10-14-24)20(3)22-11-15-25(16-12-22)26-17-6-19(2)27(29)28(26)30/h18-28H,4-17H2,1-3H3. The van der Waals surface area contributed by atoms with Crippen LogP contribution in [0.1, 0.15) is 111 Å². The number of rotatable bonds is 4. The highest BCUT2D eigenvalue weighted by Gasteiger charge is 2.43. The topological polar surface area (TPSA) is 0 Å². The Morgan fingerprint density at radius 3 is 1.53 bits per heavy atom. The first-order valence-corrected chi connectivity index (χ1v) is 13.7. The molecule has 0 amide bonds. The molecule has 0 aliphatic heterocycles. The zero-order chi connectivity index (χ0) is 21.3. The van der Waals surface area contributed by atoms with E-state index in [9.17, 15) is 8.78 Å². The highest BCUT2D eigenvalue weighted by Crippen LogP contribution is 2.48. The van der Waals surface area contributed by atoms with Crippen LogP contribution in [0.4, 0.5) is 8.78 Å². The van der Waals surface area contributed by atoms with Gasteiger partial charge in [-0.15, -0.1) is 0 Å². The average molecular weight is 423 g/mol. The second-order valence-electron chi connectivity index (χ2n) is 12.3. The van der Waals surface area contributed by atoms with Crippen molar-refractivity contribution in [3.63, 3.8) is 0 Å². The van der Waals surface area contributed by atoms with E-state index in [0.717, 1.165) is 61.2 Å². The van der Waals surface area contributed by atoms with Crippen molar-refractivity contribution >= 4 is 0 Å². The molecule has 0 heterocycles. The first-order chi connectivity index (χ1) is 14.4. The highest BCUT2D eigenvalue weighted by molar-refractivity contribution is 4.92. The van der Waals surface area contributed by atoms with Crippen molar-refractivity contribution in [1.29, 1.82) is 0 Å². The lowest BCUT2D eigenvalue weighted by molar-refractivity contribution is -0.0109. The van der Waals surface area contributed by atoms with E-state index in [1.54, 1.807) is 0 Å². The molecule has 0 radical (unpaired) electrons. The van der Waals surface area contributed by atoms with Gasteiger partial charge in [-0.1, -0.05) is 33.6 Å². The van der Waals surface area contributed by atoms with Crippen LogP contribution in [0.2, 0.25) is 0 Å². The van der Waals surface area contributed by atoms with Crippen LogP contribution in [-0.4, -0.2) is 12.3 Å². The van der Waals surface area contributed by atoms with E-state index >= 15 is 0 Å². The summed E-state index contributed by atoms with van der Waals surface area (Å²) < 4.78 is 28.9. The normalized spacial score (nSPS) is 49.5. The molecule has 0 aromatic rings. The maximum Gasteiger partial charge on any atom is 0.134 e. The van der Waals surface area contributed by atoms with Crippen LogP contribution in [0.5, 0.6) is 0 Å². The van der Waals surface area contributed by atoms with Gasteiger partial charge in [0.15, 0.2) is 0 Å². The van der Waals surface area contributed by atoms with Gasteiger partial charge in [-0.2, -0.15) is 0 Å². The van der Waals surface area contributed by atoms with Crippen molar-refractivity contribution in [2.75, 3.05) is 0 Å². The smallest absolute Gasteiger partial charge is 0.134 e. The third-order valence-corrected chi connectivity index (χ3v) is 10.7. The molecule has 0 aromatic carbocycles. The fourth-order valence-electron chi connectivity index (χ4n) is 8.20. The third kappa shape index (κ3) is 5.09. The van der Waals surface area contributed by atoms with Crippen molar-refractivity contribution in [1.82, 2.24) is 0 Å². The summed E-state index contributed by atoms with van der Waals surface area (Å²) in [6.45, 7) is 6.84. The predicted molar refractivity (Wildman–Crippen MR) is 123 cm³/mol. The van der Waals surface area contributed by atoms with Gasteiger partial charge in [0.25, 0.3) is 0 Å². The minimum absolute atomic E-state index is 0.00102. The minimum atomic E-state index is -1.22. The lowest BCUT2D eigenvalue weighted by atomic mass is 9.62. The van der Waals surface area contributed by atoms with Gasteiger partial charge in [0, 0.05) is 0 Å². The van der Waals surface area contributed by atoms with E-state index in [2.05, 4.69) is 13.8 Å². The van der Waals surface area contributed by atoms with E-state index in [1.807, 2.05) is 6.92 Å². The van der Waals surface area contributed by atoms with Gasteiger partial charge in [0.1, 0.15) is 12.3 Å². The summed E-state index contributed by atoms with van der Waals surface area (Å²) in [6, 6.07) is 0. The van der Waals surface area contributed by atoms with Gasteiger partial charge >= 0.3 is 0 Å². The summed E-state index contributed by atoms with van der Waals surface area (Å²) in [5, 5.41) is 0. The SMILES string of the molecule is CC1CCC(C2CCC(C(C)C3CCC(C4CCC(C)C(F)C4F)CC3)CC2)CC1. The van der Waals surface area contributed by atoms with Gasteiger partial charge in [-0.3, -0.25) is 0 Å². The Morgan fingerprint density at radius 2 is 1.00 bits per heavy atom. The van der Waals surface area contributed by atoms with Gasteiger partial charge in [0.05, 0.1) is 0 Å². The Bertz CT molecular complexity index is 509. The molecule has 0 bridgehead atoms. The molecule has 4 fully saturated rings. The van der Waals surface area contributed by atoms with Crippen LogP contribution >= 0.6 is 0 Å². The summed E-state index contributed by atoms with van der Waals surface area (Å²) in [7, 11) is 0. The van der Waals surface area contributed by atoms with Gasteiger partial charge in [-0.25, -0.2) is 8.78 Å². The number of halogens is 2. The maximum absolute atomic E-state index is 14.7. The largest absolute Gasteiger partial charge is 0.244 e. The van der Waals surface area contributed by atoms with Crippen LogP contribution in [0.15, 0.2) is 0 Å². The number of alkyl halides is 2. The van der Waals surface area contributed by atoms with Gasteiger partial charge in [-0.05, 0) is 130 Å². The van der Waals surface area contributed by atoms with Crippen LogP contribution in [0.25, 0.3) is 0 Å². The first kappa shape index (κ1) is 23.0. The molecule has 0 N–H and O–H groups in total. The number of hydrogen-bond donors (Lipinski definition) is 0. The molecule has 0 spiro atoms. The molecule has 2 heteroatoms. The fraction of sp³-hybridized carbons (Fsp3) is 1.00. The molecule has 5 atom stereocenters. The first-order valence-electron chi connectivity index (χ1n) is 13.7. The Kier molecular flexibility index (Phi) is 7.83. The third-order valence-electron chi connectivity index (χ3n) is 10.7. The van der Waals surface area contributed by atoms with Gasteiger partial charge < -0.3 is 0 Å². The highest BCUT2D eigenvalue weighted by atomic mass is 19.2. The average Bonchev–Trinajstić information content (AvgIpc) is 2.78. The van der Waals surface area contributed by atoms with Crippen molar-refractivity contribution in [3.05, 3.63) is 0 Å². The van der Waals surface area contributed by atoms with Crippen molar-refractivity contribution in [2.24, 2.45) is 53.3 Å². The molecule has 0 nitrogen and oxygen atoms in total. The zero-order valence-corrected chi connectivity index (χ0v) is 20.0. The lowest BCUT2D eigenvalue weighted by Crippen LogP contribution is -2.41. The molecule has 4 aliphatic rings. The molecule has 4 saturated carbocycles. The van der Waals surface area contributed by atoms with Crippen molar-refractivity contribution in [2.45, 2.75) is 123 Å². The minimum Gasteiger partial charge on any atom is -0.244 e. The molecule has 174 valence electrons. The molecule has 5 unspecified atom stereocenters. The Hall–Kier alpha value is -0.140. The quantitative estimate of drug-likeness (QED) is 0.424. The Labute approximate surface area is 185 Å². The maximum atomic E-state index is 14.7. The van der Waals surface area contributed by atoms with Gasteiger partial charge in [0.2, 0.25) is 0 Å². The van der Waals surface area contributed by atoms with E-state index in [-0.39, 0.29) is 11.8 Å². The van der Waals surface area contributed by atoms with Crippen LogP contribution in [-0.2, 0) is 0 Å². The molecule has 4 rings (SSSR count). The van der Waals surface area contributed by atoms with Crippen LogP contribution in [0, 0.1) is 53.3 Å². The Morgan fingerprint density at radius 1 is 0.533 bits per heavy atom. The van der Waals surface area contributed by atoms with E-state index in [4.69, 9.17) is 0 Å². The van der Waals surface area contributed by atoms with E-state index in [0.29, 0.717) is 5.92 Å². The summed E-state index contributed by atoms with van der Waals surface area (Å²) >= 11 is 0. The second-order valence-corrected chi connectivity index (χ2v) is 12.3. The molecular weight excluding hydrogens is 374 g/mol. The van der Waals surface area contributed by atoms with Crippen molar-refractivity contribution < 1.29 is 8.78 Å². The number of hydrogen-bond acceptors (Lipinski definition) is 0. The summed E-state index contributed by atoms with van der Waals surface area (Å²) in [5.74, 6) is 5.96. The van der Waals surface area contributed by atoms with Crippen LogP contribution in [0.3, 0.4) is 0 Å². The second kappa shape index (κ2) is 10.2. The summed E-state index contributed by atoms with van der Waals surface area (Å²) in [4.78, 5) is 0. The molecule has 0 aromatic heterocycles. The summed E-state index contributed by atoms with van der Waals surface area (Å²) in [6.07, 6.45) is 16.0. The zero-order valence-electron chi connectivity index (χ0n) is 20.0. The van der Waals surface area contributed by atoms with Crippen molar-refractivity contribution in [3.8, 4) is 0 Å². The molecule has 4 aliphatic carbocycles. The Balaban J connectivity index is 1.21. The monoisotopic (exact) mass is 422 g/mol. The van der Waals surface area contributed by atoms with Crippen LogP contribution < -0.4 is 0 Å². The van der Waals surface area contributed by atoms with E-state index in [1.165, 1.54) is 64.2 Å². The fourth-order valence-corrected chi connectivity index (χ4v) is 8.20. The van der Waals surface area contributed by atoms with E-state index < -0.39 is 12.3 Å². The lowest BCUT2D eigenvalue weighted by Gasteiger charge is -2.44. The molecular formula is C28H48F2. The predicted octanol–water partition coefficient (Wildman–Crippen LogP) is 8.78. The molecule has 30 heavy (non-hydrogen) atoms. The molecule has 0 saturated heterocycles.